The first-order valence-electron chi connectivity index (χ1n) is 10.5. The normalized spacial score (nSPS) is 20.4. The van der Waals surface area contributed by atoms with E-state index in [1.54, 1.807) is 24.1 Å². The number of ether oxygens (including phenoxy) is 2. The van der Waals surface area contributed by atoms with Gasteiger partial charge in [-0.3, -0.25) is 0 Å². The SMILES string of the molecule is COc1ccc(C(C)N2CCCC(CCNS(C)(=O)=O)(c3ccc(F)cc3)OC2=O)cc1. The van der Waals surface area contributed by atoms with Gasteiger partial charge < -0.3 is 14.4 Å². The van der Waals surface area contributed by atoms with Crippen LogP contribution < -0.4 is 9.46 Å². The van der Waals surface area contributed by atoms with Crippen molar-refractivity contribution in [3.05, 3.63) is 65.5 Å². The smallest absolute Gasteiger partial charge is 0.411 e. The van der Waals surface area contributed by atoms with Crippen LogP contribution in [0.3, 0.4) is 0 Å². The number of sulfonamides is 1. The van der Waals surface area contributed by atoms with Crippen LogP contribution in [0.25, 0.3) is 0 Å². The Morgan fingerprint density at radius 2 is 1.84 bits per heavy atom. The van der Waals surface area contributed by atoms with E-state index < -0.39 is 27.5 Å². The Morgan fingerprint density at radius 1 is 1.19 bits per heavy atom. The Balaban J connectivity index is 1.86. The second-order valence-corrected chi connectivity index (χ2v) is 9.86. The zero-order valence-corrected chi connectivity index (χ0v) is 19.3. The highest BCUT2D eigenvalue weighted by atomic mass is 32.2. The molecule has 1 aliphatic heterocycles. The van der Waals surface area contributed by atoms with Gasteiger partial charge in [0, 0.05) is 19.5 Å². The number of hydrogen-bond acceptors (Lipinski definition) is 5. The molecule has 0 radical (unpaired) electrons. The lowest BCUT2D eigenvalue weighted by atomic mass is 9.86. The van der Waals surface area contributed by atoms with E-state index in [-0.39, 0.29) is 19.0 Å². The molecule has 0 bridgehead atoms. The number of benzene rings is 2. The highest BCUT2D eigenvalue weighted by molar-refractivity contribution is 7.88. The quantitative estimate of drug-likeness (QED) is 0.639. The topological polar surface area (TPSA) is 84.9 Å². The van der Waals surface area contributed by atoms with Crippen LogP contribution in [-0.2, 0) is 20.4 Å². The van der Waals surface area contributed by atoms with E-state index in [2.05, 4.69) is 4.72 Å². The van der Waals surface area contributed by atoms with Gasteiger partial charge in [-0.25, -0.2) is 22.3 Å². The summed E-state index contributed by atoms with van der Waals surface area (Å²) < 4.78 is 50.3. The monoisotopic (exact) mass is 464 g/mol. The predicted octanol–water partition coefficient (Wildman–Crippen LogP) is 3.96. The van der Waals surface area contributed by atoms with E-state index in [4.69, 9.17) is 9.47 Å². The molecule has 0 aromatic heterocycles. The number of nitrogens with zero attached hydrogens (tertiary/aromatic N) is 1. The molecule has 174 valence electrons. The maximum Gasteiger partial charge on any atom is 0.411 e. The average Bonchev–Trinajstić information content (AvgIpc) is 2.92. The Bertz CT molecular complexity index is 1030. The fourth-order valence-electron chi connectivity index (χ4n) is 4.03. The molecule has 2 unspecified atom stereocenters. The first-order chi connectivity index (χ1) is 15.1. The molecule has 1 N–H and O–H groups in total. The van der Waals surface area contributed by atoms with Crippen LogP contribution in [0.4, 0.5) is 9.18 Å². The number of cyclic esters (lactones) is 1. The van der Waals surface area contributed by atoms with Gasteiger partial charge in [0.2, 0.25) is 10.0 Å². The van der Waals surface area contributed by atoms with Gasteiger partial charge in [0.15, 0.2) is 0 Å². The summed E-state index contributed by atoms with van der Waals surface area (Å²) in [5.74, 6) is 0.334. The lowest BCUT2D eigenvalue weighted by Crippen LogP contribution is -2.39. The molecule has 2 atom stereocenters. The van der Waals surface area contributed by atoms with E-state index in [1.807, 2.05) is 31.2 Å². The first kappa shape index (κ1) is 24.0. The number of carbonyl (C=O) groups is 1. The van der Waals surface area contributed by atoms with Gasteiger partial charge in [0.1, 0.15) is 17.2 Å². The molecule has 1 fully saturated rings. The van der Waals surface area contributed by atoms with Gasteiger partial charge in [-0.1, -0.05) is 24.3 Å². The van der Waals surface area contributed by atoms with Gasteiger partial charge in [-0.15, -0.1) is 0 Å². The van der Waals surface area contributed by atoms with Crippen LogP contribution in [-0.4, -0.2) is 45.9 Å². The number of nitrogens with one attached hydrogen (secondary N) is 1. The molecule has 2 aromatic rings. The van der Waals surface area contributed by atoms with Crippen LogP contribution in [0.5, 0.6) is 5.75 Å². The second kappa shape index (κ2) is 9.87. The Hall–Kier alpha value is -2.65. The lowest BCUT2D eigenvalue weighted by molar-refractivity contribution is -0.0131. The summed E-state index contributed by atoms with van der Waals surface area (Å²) in [6.07, 6.45) is 1.95. The van der Waals surface area contributed by atoms with Crippen molar-refractivity contribution >= 4 is 16.1 Å². The Labute approximate surface area is 188 Å². The number of rotatable bonds is 8. The molecule has 0 spiro atoms. The van der Waals surface area contributed by atoms with Crippen molar-refractivity contribution in [2.75, 3.05) is 26.5 Å². The summed E-state index contributed by atoms with van der Waals surface area (Å²) in [4.78, 5) is 14.9. The van der Waals surface area contributed by atoms with E-state index in [9.17, 15) is 17.6 Å². The van der Waals surface area contributed by atoms with Gasteiger partial charge in [0.05, 0.1) is 19.4 Å². The van der Waals surface area contributed by atoms with Crippen LogP contribution >= 0.6 is 0 Å². The number of halogens is 1. The summed E-state index contributed by atoms with van der Waals surface area (Å²) in [5.41, 5.74) is 0.522. The molecule has 0 aliphatic carbocycles. The van der Waals surface area contributed by atoms with Crippen molar-refractivity contribution in [2.45, 2.75) is 37.8 Å². The molecule has 7 nitrogen and oxygen atoms in total. The summed E-state index contributed by atoms with van der Waals surface area (Å²) in [6.45, 7) is 2.51. The van der Waals surface area contributed by atoms with Crippen molar-refractivity contribution in [3.63, 3.8) is 0 Å². The third kappa shape index (κ3) is 5.77. The van der Waals surface area contributed by atoms with E-state index in [1.165, 1.54) is 12.1 Å². The van der Waals surface area contributed by atoms with Crippen molar-refractivity contribution in [1.82, 2.24) is 9.62 Å². The Morgan fingerprint density at radius 3 is 2.44 bits per heavy atom. The number of hydrogen-bond donors (Lipinski definition) is 1. The van der Waals surface area contributed by atoms with Crippen LogP contribution in [0.2, 0.25) is 0 Å². The maximum atomic E-state index is 13.5. The van der Waals surface area contributed by atoms with Crippen molar-refractivity contribution in [2.24, 2.45) is 0 Å². The molecular weight excluding hydrogens is 435 g/mol. The maximum absolute atomic E-state index is 13.5. The first-order valence-corrected chi connectivity index (χ1v) is 12.4. The zero-order valence-electron chi connectivity index (χ0n) is 18.5. The second-order valence-electron chi connectivity index (χ2n) is 8.03. The highest BCUT2D eigenvalue weighted by Gasteiger charge is 2.41. The summed E-state index contributed by atoms with van der Waals surface area (Å²) in [5, 5.41) is 0. The fourth-order valence-corrected chi connectivity index (χ4v) is 4.51. The number of carbonyl (C=O) groups excluding carboxylic acids is 1. The van der Waals surface area contributed by atoms with Crippen molar-refractivity contribution < 1.29 is 27.1 Å². The molecule has 9 heteroatoms. The molecule has 1 saturated heterocycles. The summed E-state index contributed by atoms with van der Waals surface area (Å²) >= 11 is 0. The third-order valence-corrected chi connectivity index (χ3v) is 6.55. The van der Waals surface area contributed by atoms with Gasteiger partial charge in [0.25, 0.3) is 0 Å². The molecule has 2 aromatic carbocycles. The minimum Gasteiger partial charge on any atom is -0.497 e. The number of amides is 1. The van der Waals surface area contributed by atoms with Gasteiger partial charge >= 0.3 is 6.09 Å². The van der Waals surface area contributed by atoms with Gasteiger partial charge in [-0.2, -0.15) is 0 Å². The minimum absolute atomic E-state index is 0.0948. The molecule has 1 amide bonds. The lowest BCUT2D eigenvalue weighted by Gasteiger charge is -2.34. The average molecular weight is 465 g/mol. The Kier molecular flexibility index (Phi) is 7.40. The van der Waals surface area contributed by atoms with E-state index in [0.29, 0.717) is 24.9 Å². The molecule has 1 aliphatic rings. The summed E-state index contributed by atoms with van der Waals surface area (Å²) in [6, 6.07) is 13.1. The van der Waals surface area contributed by atoms with Crippen LogP contribution in [0.15, 0.2) is 48.5 Å². The standard InChI is InChI=1S/C23H29FN2O5S/c1-17(18-5-11-21(30-2)12-6-18)26-16-4-13-23(31-22(26)27,14-15-25-32(3,28)29)19-7-9-20(24)10-8-19/h5-12,17,25H,4,13-16H2,1-3H3. The largest absolute Gasteiger partial charge is 0.497 e. The van der Waals surface area contributed by atoms with E-state index in [0.717, 1.165) is 17.6 Å². The third-order valence-electron chi connectivity index (χ3n) is 5.83. The molecule has 1 heterocycles. The fraction of sp³-hybridized carbons (Fsp3) is 0.435. The minimum atomic E-state index is -3.40. The van der Waals surface area contributed by atoms with Crippen LogP contribution in [0.1, 0.15) is 43.4 Å². The molecular formula is C23H29FN2O5S. The van der Waals surface area contributed by atoms with Crippen molar-refractivity contribution in [1.29, 1.82) is 0 Å². The molecule has 3 rings (SSSR count). The molecule has 0 saturated carbocycles. The van der Waals surface area contributed by atoms with Gasteiger partial charge in [-0.05, 0) is 55.2 Å². The zero-order chi connectivity index (χ0) is 23.4. The number of methoxy groups -OCH3 is 1. The van der Waals surface area contributed by atoms with Crippen molar-refractivity contribution in [3.8, 4) is 5.75 Å². The summed E-state index contributed by atoms with van der Waals surface area (Å²) in [7, 11) is -1.80. The van der Waals surface area contributed by atoms with Crippen LogP contribution in [0, 0.1) is 5.82 Å². The van der Waals surface area contributed by atoms with E-state index >= 15 is 0 Å². The highest BCUT2D eigenvalue weighted by Crippen LogP contribution is 2.39. The predicted molar refractivity (Wildman–Crippen MR) is 119 cm³/mol. The molecule has 32 heavy (non-hydrogen) atoms.